The second-order valence-corrected chi connectivity index (χ2v) is 5.96. The molecular formula is C7H19NOSi. The largest absolute Gasteiger partial charge is 0.418 e. The third kappa shape index (κ3) is 4.96. The van der Waals surface area contributed by atoms with Crippen molar-refractivity contribution in [1.82, 2.24) is 0 Å². The number of rotatable bonds is 5. The van der Waals surface area contributed by atoms with Gasteiger partial charge in [-0.3, -0.25) is 0 Å². The molecule has 0 amide bonds. The van der Waals surface area contributed by atoms with Crippen LogP contribution in [-0.4, -0.2) is 21.7 Å². The SMILES string of the molecule is CC[SiH](CC)OCC(C)N. The first-order valence-electron chi connectivity index (χ1n) is 4.07. The van der Waals surface area contributed by atoms with Crippen molar-refractivity contribution in [2.24, 2.45) is 5.73 Å². The summed E-state index contributed by atoms with van der Waals surface area (Å²) in [6.07, 6.45) is 0. The molecule has 0 heterocycles. The van der Waals surface area contributed by atoms with Crippen LogP contribution in [0.3, 0.4) is 0 Å². The normalized spacial score (nSPS) is 14.1. The van der Waals surface area contributed by atoms with Crippen LogP contribution >= 0.6 is 0 Å². The molecule has 0 aromatic carbocycles. The van der Waals surface area contributed by atoms with E-state index in [-0.39, 0.29) is 6.04 Å². The minimum absolute atomic E-state index is 0.202. The lowest BCUT2D eigenvalue weighted by atomic mass is 10.4. The van der Waals surface area contributed by atoms with Crippen LogP contribution in [-0.2, 0) is 4.43 Å². The van der Waals surface area contributed by atoms with Crippen molar-refractivity contribution < 1.29 is 4.43 Å². The van der Waals surface area contributed by atoms with Crippen LogP contribution in [0.4, 0.5) is 0 Å². The Morgan fingerprint density at radius 2 is 1.90 bits per heavy atom. The van der Waals surface area contributed by atoms with Gasteiger partial charge in [-0.1, -0.05) is 13.8 Å². The number of hydrogen-bond donors (Lipinski definition) is 1. The Hall–Kier alpha value is 0.137. The average Bonchev–Trinajstić information content (AvgIpc) is 1.90. The van der Waals surface area contributed by atoms with Crippen LogP contribution in [0.15, 0.2) is 0 Å². The molecule has 0 aliphatic carbocycles. The van der Waals surface area contributed by atoms with E-state index in [0.717, 1.165) is 6.61 Å². The zero-order valence-electron chi connectivity index (χ0n) is 7.26. The fraction of sp³-hybridized carbons (Fsp3) is 1.00. The van der Waals surface area contributed by atoms with E-state index >= 15 is 0 Å². The number of hydrogen-bond acceptors (Lipinski definition) is 2. The quantitative estimate of drug-likeness (QED) is 0.613. The molecule has 3 heteroatoms. The van der Waals surface area contributed by atoms with Gasteiger partial charge >= 0.3 is 0 Å². The fourth-order valence-electron chi connectivity index (χ4n) is 0.812. The van der Waals surface area contributed by atoms with E-state index in [1.165, 1.54) is 12.1 Å². The van der Waals surface area contributed by atoms with Gasteiger partial charge in [0.1, 0.15) is 0 Å². The van der Waals surface area contributed by atoms with Gasteiger partial charge in [0.05, 0.1) is 0 Å². The zero-order valence-corrected chi connectivity index (χ0v) is 8.42. The lowest BCUT2D eigenvalue weighted by Crippen LogP contribution is -2.27. The van der Waals surface area contributed by atoms with Crippen molar-refractivity contribution in [2.75, 3.05) is 6.61 Å². The molecule has 1 atom stereocenters. The molecule has 1 unspecified atom stereocenters. The maximum absolute atomic E-state index is 5.62. The van der Waals surface area contributed by atoms with Crippen molar-refractivity contribution in [3.63, 3.8) is 0 Å². The summed E-state index contributed by atoms with van der Waals surface area (Å²) in [4.78, 5) is 0. The van der Waals surface area contributed by atoms with E-state index < -0.39 is 9.04 Å². The zero-order chi connectivity index (χ0) is 7.98. The first-order chi connectivity index (χ1) is 4.70. The lowest BCUT2D eigenvalue weighted by molar-refractivity contribution is 0.297. The van der Waals surface area contributed by atoms with Crippen molar-refractivity contribution in [3.8, 4) is 0 Å². The summed E-state index contributed by atoms with van der Waals surface area (Å²) < 4.78 is 5.62. The minimum atomic E-state index is -0.828. The predicted octanol–water partition coefficient (Wildman–Crippen LogP) is 1.11. The van der Waals surface area contributed by atoms with Crippen LogP contribution in [0.2, 0.25) is 12.1 Å². The summed E-state index contributed by atoms with van der Waals surface area (Å²) in [5, 5.41) is 0. The maximum Gasteiger partial charge on any atom is 0.176 e. The number of nitrogens with two attached hydrogens (primary N) is 1. The second kappa shape index (κ2) is 5.89. The predicted molar refractivity (Wildman–Crippen MR) is 47.7 cm³/mol. The highest BCUT2D eigenvalue weighted by Gasteiger charge is 2.05. The van der Waals surface area contributed by atoms with Gasteiger partial charge in [0.15, 0.2) is 9.04 Å². The summed E-state index contributed by atoms with van der Waals surface area (Å²) in [5.74, 6) is 0. The van der Waals surface area contributed by atoms with Gasteiger partial charge < -0.3 is 10.2 Å². The summed E-state index contributed by atoms with van der Waals surface area (Å²) in [5.41, 5.74) is 5.55. The molecule has 0 fully saturated rings. The van der Waals surface area contributed by atoms with Gasteiger partial charge in [-0.15, -0.1) is 0 Å². The van der Waals surface area contributed by atoms with Crippen LogP contribution in [0.1, 0.15) is 20.8 Å². The Balaban J connectivity index is 3.26. The van der Waals surface area contributed by atoms with Gasteiger partial charge in [0.25, 0.3) is 0 Å². The third-order valence-corrected chi connectivity index (χ3v) is 3.99. The highest BCUT2D eigenvalue weighted by Crippen LogP contribution is 1.99. The van der Waals surface area contributed by atoms with Crippen LogP contribution in [0.5, 0.6) is 0 Å². The van der Waals surface area contributed by atoms with Crippen molar-refractivity contribution >= 4 is 9.04 Å². The Morgan fingerprint density at radius 1 is 1.40 bits per heavy atom. The lowest BCUT2D eigenvalue weighted by Gasteiger charge is -2.13. The standard InChI is InChI=1S/C7H19NOSi/c1-4-10(5-2)9-6-7(3)8/h7,10H,4-6,8H2,1-3H3. The minimum Gasteiger partial charge on any atom is -0.418 e. The summed E-state index contributed by atoms with van der Waals surface area (Å²) >= 11 is 0. The summed E-state index contributed by atoms with van der Waals surface area (Å²) in [7, 11) is -0.828. The van der Waals surface area contributed by atoms with Gasteiger partial charge in [-0.2, -0.15) is 0 Å². The Kier molecular flexibility index (Phi) is 5.97. The summed E-state index contributed by atoms with van der Waals surface area (Å²) in [6, 6.07) is 2.65. The highest BCUT2D eigenvalue weighted by atomic mass is 28.3. The van der Waals surface area contributed by atoms with E-state index in [0.29, 0.717) is 0 Å². The second-order valence-electron chi connectivity index (χ2n) is 2.75. The third-order valence-electron chi connectivity index (χ3n) is 1.51. The Labute approximate surface area is 65.5 Å². The van der Waals surface area contributed by atoms with E-state index in [1.54, 1.807) is 0 Å². The molecule has 0 aromatic heterocycles. The van der Waals surface area contributed by atoms with Gasteiger partial charge in [-0.25, -0.2) is 0 Å². The van der Waals surface area contributed by atoms with E-state index in [1.807, 2.05) is 6.92 Å². The molecule has 0 spiro atoms. The molecule has 0 aliphatic rings. The molecule has 62 valence electrons. The Morgan fingerprint density at radius 3 is 2.20 bits per heavy atom. The fourth-order valence-corrected chi connectivity index (χ4v) is 2.44. The van der Waals surface area contributed by atoms with Crippen LogP contribution < -0.4 is 5.73 Å². The van der Waals surface area contributed by atoms with E-state index in [4.69, 9.17) is 10.2 Å². The van der Waals surface area contributed by atoms with Crippen molar-refractivity contribution in [2.45, 2.75) is 38.9 Å². The van der Waals surface area contributed by atoms with Gasteiger partial charge in [0, 0.05) is 12.6 Å². The van der Waals surface area contributed by atoms with Crippen molar-refractivity contribution in [1.29, 1.82) is 0 Å². The van der Waals surface area contributed by atoms with Crippen molar-refractivity contribution in [3.05, 3.63) is 0 Å². The van der Waals surface area contributed by atoms with E-state index in [2.05, 4.69) is 13.8 Å². The topological polar surface area (TPSA) is 35.2 Å². The molecule has 0 radical (unpaired) electrons. The molecule has 0 aliphatic heterocycles. The molecule has 0 saturated carbocycles. The highest BCUT2D eigenvalue weighted by molar-refractivity contribution is 6.51. The molecule has 10 heavy (non-hydrogen) atoms. The molecule has 0 saturated heterocycles. The Bertz CT molecular complexity index is 74.0. The average molecular weight is 161 g/mol. The van der Waals surface area contributed by atoms with Gasteiger partial charge in [-0.05, 0) is 19.0 Å². The first-order valence-corrected chi connectivity index (χ1v) is 6.18. The first kappa shape index (κ1) is 10.1. The van der Waals surface area contributed by atoms with Crippen LogP contribution in [0.25, 0.3) is 0 Å². The van der Waals surface area contributed by atoms with Crippen LogP contribution in [0, 0.1) is 0 Å². The maximum atomic E-state index is 5.62. The smallest absolute Gasteiger partial charge is 0.176 e. The monoisotopic (exact) mass is 161 g/mol. The molecular weight excluding hydrogens is 142 g/mol. The molecule has 2 N–H and O–H groups in total. The molecule has 2 nitrogen and oxygen atoms in total. The summed E-state index contributed by atoms with van der Waals surface area (Å²) in [6.45, 7) is 7.12. The van der Waals surface area contributed by atoms with E-state index in [9.17, 15) is 0 Å². The molecule has 0 aromatic rings. The van der Waals surface area contributed by atoms with Gasteiger partial charge in [0.2, 0.25) is 0 Å². The molecule has 0 bridgehead atoms. The molecule has 0 rings (SSSR count).